The van der Waals surface area contributed by atoms with Crippen LogP contribution in [0.1, 0.15) is 59.3 Å². The molecule has 0 heterocycles. The van der Waals surface area contributed by atoms with Gasteiger partial charge in [0.25, 0.3) is 0 Å². The average Bonchev–Trinajstić information content (AvgIpc) is 2.92. The molecular weight excluding hydrogens is 344 g/mol. The van der Waals surface area contributed by atoms with Crippen molar-refractivity contribution in [2.75, 3.05) is 6.61 Å². The van der Waals surface area contributed by atoms with Crippen LogP contribution in [-0.2, 0) is 14.3 Å². The lowest BCUT2D eigenvalue weighted by atomic mass is 9.40. The van der Waals surface area contributed by atoms with Crippen LogP contribution >= 0.6 is 0 Å². The molecule has 150 valence electrons. The molecule has 2 bridgehead atoms. The molecule has 3 saturated carbocycles. The van der Waals surface area contributed by atoms with Crippen molar-refractivity contribution in [1.82, 2.24) is 0 Å². The van der Waals surface area contributed by atoms with E-state index in [1.54, 1.807) is 0 Å². The Morgan fingerprint density at radius 3 is 2.67 bits per heavy atom. The summed E-state index contributed by atoms with van der Waals surface area (Å²) >= 11 is 0. The van der Waals surface area contributed by atoms with E-state index < -0.39 is 11.5 Å². The summed E-state index contributed by atoms with van der Waals surface area (Å²) < 4.78 is 5.62. The van der Waals surface area contributed by atoms with Gasteiger partial charge in [-0.1, -0.05) is 19.9 Å². The van der Waals surface area contributed by atoms with Gasteiger partial charge in [-0.3, -0.25) is 9.59 Å². The van der Waals surface area contributed by atoms with E-state index in [-0.39, 0.29) is 47.3 Å². The van der Waals surface area contributed by atoms with Gasteiger partial charge in [-0.25, -0.2) is 0 Å². The molecule has 0 amide bonds. The number of aliphatic hydroxyl groups excluding tert-OH is 2. The Labute approximate surface area is 161 Å². The Morgan fingerprint density at radius 2 is 2.04 bits per heavy atom. The van der Waals surface area contributed by atoms with Gasteiger partial charge in [-0.15, -0.1) is 0 Å². The maximum atomic E-state index is 11.6. The van der Waals surface area contributed by atoms with E-state index in [9.17, 15) is 19.8 Å². The zero-order valence-corrected chi connectivity index (χ0v) is 16.6. The molecule has 0 aromatic carbocycles. The minimum absolute atomic E-state index is 0.0484. The Hall–Kier alpha value is -1.20. The SMILES string of the molecule is CC(=O)OC1CCC2(C)C(CC(O)C34C=C(C=O)C(CCC23)C4)C1(C)CO. The Balaban J connectivity index is 1.75. The third-order valence-corrected chi connectivity index (χ3v) is 8.89. The first-order chi connectivity index (χ1) is 12.7. The van der Waals surface area contributed by atoms with Gasteiger partial charge in [-0.05, 0) is 67.3 Å². The number of hydrogen-bond acceptors (Lipinski definition) is 5. The first-order valence-corrected chi connectivity index (χ1v) is 10.4. The van der Waals surface area contributed by atoms with Crippen molar-refractivity contribution in [3.63, 3.8) is 0 Å². The first kappa shape index (κ1) is 19.1. The molecule has 4 aliphatic carbocycles. The van der Waals surface area contributed by atoms with Gasteiger partial charge in [0.15, 0.2) is 0 Å². The molecule has 4 aliphatic rings. The zero-order valence-electron chi connectivity index (χ0n) is 16.6. The molecule has 1 spiro atoms. The van der Waals surface area contributed by atoms with E-state index in [0.717, 1.165) is 44.0 Å². The van der Waals surface area contributed by atoms with Crippen LogP contribution in [0, 0.1) is 34.0 Å². The second-order valence-corrected chi connectivity index (χ2v) is 10.0. The third kappa shape index (κ3) is 2.43. The van der Waals surface area contributed by atoms with Crippen molar-refractivity contribution in [2.24, 2.45) is 34.0 Å². The van der Waals surface area contributed by atoms with Crippen LogP contribution in [-0.4, -0.2) is 41.3 Å². The molecule has 0 aliphatic heterocycles. The molecule has 2 N–H and O–H groups in total. The van der Waals surface area contributed by atoms with E-state index >= 15 is 0 Å². The molecular formula is C22H32O5. The number of carbonyl (C=O) groups is 2. The van der Waals surface area contributed by atoms with E-state index in [0.29, 0.717) is 6.42 Å². The summed E-state index contributed by atoms with van der Waals surface area (Å²) in [5.74, 6) is 0.335. The van der Waals surface area contributed by atoms with Crippen LogP contribution in [0.25, 0.3) is 0 Å². The van der Waals surface area contributed by atoms with E-state index in [4.69, 9.17) is 4.74 Å². The maximum absolute atomic E-state index is 11.6. The number of aldehydes is 1. The highest BCUT2D eigenvalue weighted by Crippen LogP contribution is 2.70. The van der Waals surface area contributed by atoms with Gasteiger partial charge in [0.05, 0.1) is 12.7 Å². The normalized spacial score (nSPS) is 51.0. The van der Waals surface area contributed by atoms with Crippen molar-refractivity contribution in [2.45, 2.75) is 71.5 Å². The molecule has 0 aromatic rings. The van der Waals surface area contributed by atoms with E-state index in [1.165, 1.54) is 6.92 Å². The second-order valence-electron chi connectivity index (χ2n) is 10.0. The molecule has 3 fully saturated rings. The van der Waals surface area contributed by atoms with E-state index in [1.807, 2.05) is 6.92 Å². The van der Waals surface area contributed by atoms with Crippen molar-refractivity contribution in [3.8, 4) is 0 Å². The van der Waals surface area contributed by atoms with Crippen LogP contribution < -0.4 is 0 Å². The molecule has 8 atom stereocenters. The molecule has 5 nitrogen and oxygen atoms in total. The average molecular weight is 376 g/mol. The van der Waals surface area contributed by atoms with Gasteiger partial charge in [0.2, 0.25) is 0 Å². The van der Waals surface area contributed by atoms with Crippen molar-refractivity contribution >= 4 is 12.3 Å². The number of aliphatic hydroxyl groups is 2. The van der Waals surface area contributed by atoms with Crippen LogP contribution in [0.15, 0.2) is 11.6 Å². The van der Waals surface area contributed by atoms with Gasteiger partial charge in [0.1, 0.15) is 12.4 Å². The maximum Gasteiger partial charge on any atom is 0.302 e. The fraction of sp³-hybridized carbons (Fsp3) is 0.818. The summed E-state index contributed by atoms with van der Waals surface area (Å²) in [5, 5.41) is 21.6. The first-order valence-electron chi connectivity index (χ1n) is 10.4. The van der Waals surface area contributed by atoms with Crippen molar-refractivity contribution < 1.29 is 24.5 Å². The van der Waals surface area contributed by atoms with Crippen molar-refractivity contribution in [1.29, 1.82) is 0 Å². The quantitative estimate of drug-likeness (QED) is 0.584. The number of esters is 1. The van der Waals surface area contributed by atoms with Crippen LogP contribution in [0.4, 0.5) is 0 Å². The third-order valence-electron chi connectivity index (χ3n) is 8.89. The summed E-state index contributed by atoms with van der Waals surface area (Å²) in [6.45, 7) is 5.68. The topological polar surface area (TPSA) is 83.8 Å². The van der Waals surface area contributed by atoms with Crippen LogP contribution in [0.3, 0.4) is 0 Å². The lowest BCUT2D eigenvalue weighted by molar-refractivity contribution is -0.228. The predicted molar refractivity (Wildman–Crippen MR) is 99.6 cm³/mol. The Kier molecular flexibility index (Phi) is 4.36. The molecule has 8 unspecified atom stereocenters. The summed E-state index contributed by atoms with van der Waals surface area (Å²) in [4.78, 5) is 23.2. The molecule has 0 radical (unpaired) electrons. The van der Waals surface area contributed by atoms with Gasteiger partial charge < -0.3 is 14.9 Å². The standard InChI is InChI=1S/C22H32O5/c1-13(25)27-19-6-7-20(2)16-5-4-14-9-22(16,10-15(14)11-23)18(26)8-17(20)21(19,3)12-24/h10-11,14,16-19,24,26H,4-9,12H2,1-3H3. The number of fused-ring (bicyclic) bond motifs is 3. The number of ether oxygens (including phenoxy) is 1. The highest BCUT2D eigenvalue weighted by Gasteiger charge is 2.67. The predicted octanol–water partition coefficient (Wildman–Crippen LogP) is 2.64. The fourth-order valence-electron chi connectivity index (χ4n) is 7.65. The number of allylic oxidation sites excluding steroid dienone is 1. The molecule has 4 rings (SSSR count). The highest BCUT2D eigenvalue weighted by molar-refractivity contribution is 5.75. The lowest BCUT2D eigenvalue weighted by Crippen LogP contribution is -2.65. The largest absolute Gasteiger partial charge is 0.462 e. The summed E-state index contributed by atoms with van der Waals surface area (Å²) in [6.07, 6.45) is 7.34. The van der Waals surface area contributed by atoms with Gasteiger partial charge in [0, 0.05) is 17.8 Å². The summed E-state index contributed by atoms with van der Waals surface area (Å²) in [5.41, 5.74) is -0.0482. The summed E-state index contributed by atoms with van der Waals surface area (Å²) in [7, 11) is 0. The smallest absolute Gasteiger partial charge is 0.302 e. The Bertz CT molecular complexity index is 686. The minimum atomic E-state index is -0.562. The Morgan fingerprint density at radius 1 is 1.30 bits per heavy atom. The van der Waals surface area contributed by atoms with E-state index in [2.05, 4.69) is 13.0 Å². The number of carbonyl (C=O) groups excluding carboxylic acids is 2. The number of rotatable bonds is 3. The zero-order chi connectivity index (χ0) is 19.6. The second kappa shape index (κ2) is 6.15. The monoisotopic (exact) mass is 376 g/mol. The van der Waals surface area contributed by atoms with Crippen molar-refractivity contribution in [3.05, 3.63) is 11.6 Å². The molecule has 27 heavy (non-hydrogen) atoms. The lowest BCUT2D eigenvalue weighted by Gasteiger charge is -2.66. The molecule has 0 aromatic heterocycles. The van der Waals surface area contributed by atoms with Crippen LogP contribution in [0.5, 0.6) is 0 Å². The minimum Gasteiger partial charge on any atom is -0.462 e. The summed E-state index contributed by atoms with van der Waals surface area (Å²) in [6, 6.07) is 0. The van der Waals surface area contributed by atoms with Crippen LogP contribution in [0.2, 0.25) is 0 Å². The molecule has 0 saturated heterocycles. The van der Waals surface area contributed by atoms with Gasteiger partial charge in [-0.2, -0.15) is 0 Å². The molecule has 5 heteroatoms. The number of hydrogen-bond donors (Lipinski definition) is 2. The fourth-order valence-corrected chi connectivity index (χ4v) is 7.65. The highest BCUT2D eigenvalue weighted by atomic mass is 16.5. The van der Waals surface area contributed by atoms with Gasteiger partial charge >= 0.3 is 5.97 Å².